The summed E-state index contributed by atoms with van der Waals surface area (Å²) in [5.74, 6) is 0.0247. The number of hydrogen-bond donors (Lipinski definition) is 0. The molecule has 7 heteroatoms. The van der Waals surface area contributed by atoms with E-state index in [2.05, 4.69) is 55.0 Å². The Morgan fingerprint density at radius 1 is 1.09 bits per heavy atom. The van der Waals surface area contributed by atoms with Crippen molar-refractivity contribution in [3.05, 3.63) is 87.5 Å². The lowest BCUT2D eigenvalue weighted by Gasteiger charge is -2.09. The minimum absolute atomic E-state index is 0.215. The van der Waals surface area contributed by atoms with E-state index in [1.165, 1.54) is 32.8 Å². The van der Waals surface area contributed by atoms with Crippen LogP contribution in [-0.4, -0.2) is 14.9 Å². The second-order valence-electron chi connectivity index (χ2n) is 7.63. The minimum atomic E-state index is -0.622. The number of nitrogens with zero attached hydrogens (tertiary/aromatic N) is 3. The zero-order valence-corrected chi connectivity index (χ0v) is 21.4. The predicted octanol–water partition coefficient (Wildman–Crippen LogP) is 8.50. The number of non-ortho nitro benzene ring substituents is 1. The maximum atomic E-state index is 12.6. The van der Waals surface area contributed by atoms with Gasteiger partial charge in [-0.1, -0.05) is 40.7 Å². The van der Waals surface area contributed by atoms with Gasteiger partial charge in [-0.05, 0) is 66.6 Å². The molecule has 3 aromatic heterocycles. The van der Waals surface area contributed by atoms with Crippen LogP contribution in [0.5, 0.6) is 0 Å². The van der Waals surface area contributed by atoms with E-state index in [9.17, 15) is 14.5 Å². The fraction of sp³-hybridized carbons (Fsp3) is 0.333. The van der Waals surface area contributed by atoms with E-state index in [1.54, 1.807) is 6.92 Å². The zero-order chi connectivity index (χ0) is 25.3. The molecule has 180 valence electrons. The molecular weight excluding hydrogens is 449 g/mol. The first-order valence-electron chi connectivity index (χ1n) is 11.6. The van der Waals surface area contributed by atoms with Gasteiger partial charge in [0.15, 0.2) is 0 Å². The predicted molar refractivity (Wildman–Crippen MR) is 140 cm³/mol. The highest BCUT2D eigenvalue weighted by atomic mass is 32.1. The van der Waals surface area contributed by atoms with Gasteiger partial charge in [-0.2, -0.15) is 0 Å². The molecule has 0 radical (unpaired) electrons. The summed E-state index contributed by atoms with van der Waals surface area (Å²) in [6.07, 6.45) is 6.08. The van der Waals surface area contributed by atoms with Gasteiger partial charge >= 0.3 is 0 Å². The van der Waals surface area contributed by atoms with Gasteiger partial charge in [0.1, 0.15) is 5.82 Å². The minimum Gasteiger partial charge on any atom is -0.258 e. The number of aryl methyl sites for hydroxylation is 2. The number of benzene rings is 1. The number of rotatable bonds is 5. The smallest absolute Gasteiger partial charge is 0.258 e. The lowest BCUT2D eigenvalue weighted by Crippen LogP contribution is -1.91. The fourth-order valence-electron chi connectivity index (χ4n) is 3.17. The Morgan fingerprint density at radius 3 is 2.38 bits per heavy atom. The van der Waals surface area contributed by atoms with Crippen LogP contribution >= 0.6 is 11.3 Å². The second-order valence-corrected chi connectivity index (χ2v) is 8.68. The van der Waals surface area contributed by atoms with Crippen molar-refractivity contribution in [2.24, 2.45) is 0 Å². The fourth-order valence-corrected chi connectivity index (χ4v) is 4.39. The first-order valence-corrected chi connectivity index (χ1v) is 12.4. The summed E-state index contributed by atoms with van der Waals surface area (Å²) in [5, 5.41) is 10.1. The molecule has 3 heterocycles. The van der Waals surface area contributed by atoms with Gasteiger partial charge in [0, 0.05) is 18.5 Å². The van der Waals surface area contributed by atoms with E-state index in [1.807, 2.05) is 37.6 Å². The maximum Gasteiger partial charge on any atom is 0.272 e. The number of halogens is 1. The van der Waals surface area contributed by atoms with Crippen molar-refractivity contribution < 1.29 is 9.31 Å². The molecule has 1 unspecified atom stereocenters. The molecule has 4 rings (SSSR count). The van der Waals surface area contributed by atoms with E-state index in [4.69, 9.17) is 0 Å². The standard InChI is InChI=1S/C18H20N2S.C7H6FNO2.C2H6/c1-4-12(3)14-8-9-19-16-10-17(21-18(14)16)15-7-6-13(5-2)11-20-15;1-5-2-3-6(9(10)11)4-7(5)8;1-2/h6-12H,4-5H2,1-3H3;2-4H,1H3;1-2H3. The van der Waals surface area contributed by atoms with Crippen molar-refractivity contribution in [2.75, 3.05) is 0 Å². The van der Waals surface area contributed by atoms with Gasteiger partial charge < -0.3 is 0 Å². The van der Waals surface area contributed by atoms with Crippen LogP contribution in [0.15, 0.2) is 54.9 Å². The van der Waals surface area contributed by atoms with E-state index in [0.29, 0.717) is 11.5 Å². The van der Waals surface area contributed by atoms with Crippen molar-refractivity contribution in [3.63, 3.8) is 0 Å². The Bertz CT molecular complexity index is 1220. The average Bonchev–Trinajstić information content (AvgIpc) is 3.31. The molecule has 0 aliphatic rings. The van der Waals surface area contributed by atoms with Crippen molar-refractivity contribution >= 4 is 27.2 Å². The van der Waals surface area contributed by atoms with Crippen LogP contribution in [0.4, 0.5) is 10.1 Å². The van der Waals surface area contributed by atoms with Gasteiger partial charge in [0.2, 0.25) is 0 Å². The summed E-state index contributed by atoms with van der Waals surface area (Å²) >= 11 is 1.81. The van der Waals surface area contributed by atoms with Crippen LogP contribution < -0.4 is 0 Å². The summed E-state index contributed by atoms with van der Waals surface area (Å²) in [7, 11) is 0. The number of fused-ring (bicyclic) bond motifs is 1. The number of nitro benzene ring substituents is 1. The third-order valence-electron chi connectivity index (χ3n) is 5.44. The van der Waals surface area contributed by atoms with Crippen molar-refractivity contribution in [1.82, 2.24) is 9.97 Å². The van der Waals surface area contributed by atoms with Gasteiger partial charge in [-0.3, -0.25) is 20.1 Å². The molecule has 0 bridgehead atoms. The number of pyridine rings is 2. The highest BCUT2D eigenvalue weighted by molar-refractivity contribution is 7.22. The summed E-state index contributed by atoms with van der Waals surface area (Å²) < 4.78 is 13.9. The number of nitro groups is 1. The Morgan fingerprint density at radius 2 is 1.82 bits per heavy atom. The molecule has 0 saturated carbocycles. The Kier molecular flexibility index (Phi) is 10.3. The molecule has 0 N–H and O–H groups in total. The Hall–Kier alpha value is -3.19. The largest absolute Gasteiger partial charge is 0.272 e. The second kappa shape index (κ2) is 12.9. The van der Waals surface area contributed by atoms with E-state index in [0.717, 1.165) is 30.1 Å². The molecule has 0 aliphatic heterocycles. The Balaban J connectivity index is 0.000000266. The van der Waals surface area contributed by atoms with Crippen LogP contribution in [0.1, 0.15) is 63.6 Å². The van der Waals surface area contributed by atoms with Gasteiger partial charge in [0.25, 0.3) is 5.69 Å². The molecule has 4 aromatic rings. The Labute approximate surface area is 204 Å². The third-order valence-corrected chi connectivity index (χ3v) is 6.63. The van der Waals surface area contributed by atoms with Crippen LogP contribution in [0.2, 0.25) is 0 Å². The summed E-state index contributed by atoms with van der Waals surface area (Å²) in [4.78, 5) is 19.8. The molecule has 0 amide bonds. The van der Waals surface area contributed by atoms with Crippen LogP contribution in [0.25, 0.3) is 20.8 Å². The van der Waals surface area contributed by atoms with Crippen molar-refractivity contribution in [1.29, 1.82) is 0 Å². The van der Waals surface area contributed by atoms with Gasteiger partial charge in [-0.25, -0.2) is 4.39 Å². The number of aromatic nitrogens is 2. The van der Waals surface area contributed by atoms with Gasteiger partial charge in [-0.15, -0.1) is 11.3 Å². The normalized spacial score (nSPS) is 11.1. The lowest BCUT2D eigenvalue weighted by atomic mass is 9.99. The molecule has 5 nitrogen and oxygen atoms in total. The SMILES string of the molecule is CC.CCc1ccc(-c2cc3nccc(C(C)CC)c3s2)nc1.Cc1ccc([N+](=O)[O-])cc1F. The van der Waals surface area contributed by atoms with E-state index >= 15 is 0 Å². The van der Waals surface area contributed by atoms with Crippen LogP contribution in [0, 0.1) is 22.9 Å². The molecule has 0 spiro atoms. The highest BCUT2D eigenvalue weighted by Crippen LogP contribution is 2.36. The first kappa shape index (κ1) is 27.1. The van der Waals surface area contributed by atoms with Crippen LogP contribution in [-0.2, 0) is 6.42 Å². The van der Waals surface area contributed by atoms with Gasteiger partial charge in [0.05, 0.1) is 31.8 Å². The third kappa shape index (κ3) is 6.67. The summed E-state index contributed by atoms with van der Waals surface area (Å²) in [6, 6.07) is 12.2. The average molecular weight is 482 g/mol. The van der Waals surface area contributed by atoms with Crippen molar-refractivity contribution in [2.45, 2.75) is 60.3 Å². The van der Waals surface area contributed by atoms with Crippen molar-refractivity contribution in [3.8, 4) is 10.6 Å². The number of thiophene rings is 1. The molecule has 1 atom stereocenters. The molecule has 0 saturated heterocycles. The monoisotopic (exact) mass is 481 g/mol. The maximum absolute atomic E-state index is 12.6. The first-order chi connectivity index (χ1) is 16.3. The summed E-state index contributed by atoms with van der Waals surface area (Å²) in [6.45, 7) is 12.2. The topological polar surface area (TPSA) is 68.9 Å². The summed E-state index contributed by atoms with van der Waals surface area (Å²) in [5.41, 5.74) is 5.02. The number of hydrogen-bond acceptors (Lipinski definition) is 5. The molecule has 0 fully saturated rings. The molecule has 0 aliphatic carbocycles. The van der Waals surface area contributed by atoms with E-state index in [-0.39, 0.29) is 5.69 Å². The van der Waals surface area contributed by atoms with E-state index < -0.39 is 10.7 Å². The zero-order valence-electron chi connectivity index (χ0n) is 20.6. The highest BCUT2D eigenvalue weighted by Gasteiger charge is 2.13. The molecule has 34 heavy (non-hydrogen) atoms. The van der Waals surface area contributed by atoms with Crippen LogP contribution in [0.3, 0.4) is 0 Å². The lowest BCUT2D eigenvalue weighted by molar-refractivity contribution is -0.385. The molecular formula is C27H32FN3O2S. The molecule has 1 aromatic carbocycles. The quantitative estimate of drug-likeness (QED) is 0.212.